The Kier molecular flexibility index (Phi) is 5.63. The number of nitrogens with one attached hydrogen (secondary N) is 1. The maximum atomic E-state index is 12.5. The maximum absolute atomic E-state index is 12.5. The van der Waals surface area contributed by atoms with Crippen LogP contribution in [0.2, 0.25) is 0 Å². The first-order valence-corrected chi connectivity index (χ1v) is 11.2. The molecular formula is C14H18N2O5S3. The van der Waals surface area contributed by atoms with E-state index in [4.69, 9.17) is 4.74 Å². The predicted molar refractivity (Wildman–Crippen MR) is 91.8 cm³/mol. The van der Waals surface area contributed by atoms with Crippen molar-refractivity contribution in [2.24, 2.45) is 0 Å². The highest BCUT2D eigenvalue weighted by molar-refractivity contribution is 7.91. The van der Waals surface area contributed by atoms with Crippen LogP contribution in [0.5, 0.6) is 5.75 Å². The van der Waals surface area contributed by atoms with E-state index in [1.165, 1.54) is 30.6 Å². The first kappa shape index (κ1) is 18.8. The number of sulfonamides is 1. The van der Waals surface area contributed by atoms with Gasteiger partial charge in [0.1, 0.15) is 10.6 Å². The molecule has 0 aliphatic carbocycles. The van der Waals surface area contributed by atoms with Crippen LogP contribution in [0, 0.1) is 6.92 Å². The molecule has 0 amide bonds. The number of ether oxygens (including phenoxy) is 1. The van der Waals surface area contributed by atoms with Crippen LogP contribution < -0.4 is 9.46 Å². The van der Waals surface area contributed by atoms with E-state index in [2.05, 4.69) is 9.71 Å². The number of aromatic nitrogens is 1. The first-order valence-electron chi connectivity index (χ1n) is 6.92. The van der Waals surface area contributed by atoms with E-state index in [0.29, 0.717) is 6.42 Å². The van der Waals surface area contributed by atoms with Crippen molar-refractivity contribution >= 4 is 31.2 Å². The topological polar surface area (TPSA) is 102 Å². The molecule has 132 valence electrons. The van der Waals surface area contributed by atoms with E-state index in [1.54, 1.807) is 0 Å². The summed E-state index contributed by atoms with van der Waals surface area (Å²) in [6.45, 7) is 2.03. The highest BCUT2D eigenvalue weighted by Gasteiger charge is 2.22. The summed E-state index contributed by atoms with van der Waals surface area (Å²) >= 11 is 1.49. The average molecular weight is 391 g/mol. The van der Waals surface area contributed by atoms with E-state index >= 15 is 0 Å². The molecule has 1 N–H and O–H groups in total. The number of methoxy groups -OCH3 is 1. The number of hydrogen-bond donors (Lipinski definition) is 1. The van der Waals surface area contributed by atoms with Gasteiger partial charge in [0.2, 0.25) is 10.0 Å². The van der Waals surface area contributed by atoms with Crippen molar-refractivity contribution in [3.05, 3.63) is 34.3 Å². The van der Waals surface area contributed by atoms with Gasteiger partial charge in [0.15, 0.2) is 9.84 Å². The Labute approximate surface area is 145 Å². The summed E-state index contributed by atoms with van der Waals surface area (Å²) in [7, 11) is -6.11. The SMILES string of the molecule is COc1ccc(S(C)(=O)=O)cc1S(=O)(=O)NCCc1csc(C)n1. The van der Waals surface area contributed by atoms with Gasteiger partial charge in [0.05, 0.1) is 22.7 Å². The lowest BCUT2D eigenvalue weighted by Gasteiger charge is -2.11. The molecule has 10 heteroatoms. The van der Waals surface area contributed by atoms with Crippen molar-refractivity contribution in [3.8, 4) is 5.75 Å². The third-order valence-corrected chi connectivity index (χ3v) is 6.61. The van der Waals surface area contributed by atoms with Crippen LogP contribution in [0.3, 0.4) is 0 Å². The van der Waals surface area contributed by atoms with Gasteiger partial charge in [-0.2, -0.15) is 0 Å². The van der Waals surface area contributed by atoms with Gasteiger partial charge in [-0.05, 0) is 25.1 Å². The van der Waals surface area contributed by atoms with E-state index < -0.39 is 19.9 Å². The summed E-state index contributed by atoms with van der Waals surface area (Å²) in [4.78, 5) is 3.97. The average Bonchev–Trinajstić information content (AvgIpc) is 2.91. The molecule has 0 radical (unpaired) electrons. The van der Waals surface area contributed by atoms with E-state index in [-0.39, 0.29) is 22.1 Å². The normalized spacial score (nSPS) is 12.3. The Hall–Kier alpha value is -1.49. The second-order valence-electron chi connectivity index (χ2n) is 5.09. The molecule has 2 rings (SSSR count). The Bertz CT molecular complexity index is 933. The number of sulfone groups is 1. The lowest BCUT2D eigenvalue weighted by molar-refractivity contribution is 0.401. The molecule has 0 aliphatic rings. The molecule has 1 aromatic carbocycles. The Morgan fingerprint density at radius 1 is 1.25 bits per heavy atom. The smallest absolute Gasteiger partial charge is 0.244 e. The molecule has 0 aliphatic heterocycles. The number of rotatable bonds is 7. The Morgan fingerprint density at radius 2 is 1.96 bits per heavy atom. The van der Waals surface area contributed by atoms with E-state index in [9.17, 15) is 16.8 Å². The fourth-order valence-electron chi connectivity index (χ4n) is 2.01. The summed E-state index contributed by atoms with van der Waals surface area (Å²) in [5.41, 5.74) is 0.803. The largest absolute Gasteiger partial charge is 0.495 e. The first-order chi connectivity index (χ1) is 11.1. The van der Waals surface area contributed by atoms with E-state index in [0.717, 1.165) is 23.0 Å². The van der Waals surface area contributed by atoms with Crippen molar-refractivity contribution in [2.75, 3.05) is 19.9 Å². The quantitative estimate of drug-likeness (QED) is 0.766. The summed E-state index contributed by atoms with van der Waals surface area (Å²) in [6.07, 6.45) is 1.46. The molecule has 0 saturated carbocycles. The molecule has 0 spiro atoms. The van der Waals surface area contributed by atoms with Gasteiger partial charge in [0.25, 0.3) is 0 Å². The molecule has 24 heavy (non-hydrogen) atoms. The number of aryl methyl sites for hydroxylation is 1. The Morgan fingerprint density at radius 3 is 2.50 bits per heavy atom. The van der Waals surface area contributed by atoms with Crippen LogP contribution in [0.1, 0.15) is 10.7 Å². The van der Waals surface area contributed by atoms with Gasteiger partial charge in [-0.1, -0.05) is 0 Å². The van der Waals surface area contributed by atoms with Crippen LogP contribution in [0.25, 0.3) is 0 Å². The summed E-state index contributed by atoms with van der Waals surface area (Å²) in [5.74, 6) is 0.0828. The fraction of sp³-hybridized carbons (Fsp3) is 0.357. The maximum Gasteiger partial charge on any atom is 0.244 e. The summed E-state index contributed by atoms with van der Waals surface area (Å²) in [5, 5.41) is 2.78. The summed E-state index contributed by atoms with van der Waals surface area (Å²) < 4.78 is 55.8. The molecule has 0 unspecified atom stereocenters. The zero-order chi connectivity index (χ0) is 18.0. The lowest BCUT2D eigenvalue weighted by atomic mass is 10.3. The van der Waals surface area contributed by atoms with Crippen molar-refractivity contribution in [3.63, 3.8) is 0 Å². The highest BCUT2D eigenvalue weighted by Crippen LogP contribution is 2.26. The molecule has 0 fully saturated rings. The third-order valence-electron chi connectivity index (χ3n) is 3.19. The molecule has 2 aromatic rings. The number of nitrogens with zero attached hydrogens (tertiary/aromatic N) is 1. The lowest BCUT2D eigenvalue weighted by Crippen LogP contribution is -2.26. The minimum Gasteiger partial charge on any atom is -0.495 e. The molecule has 0 bridgehead atoms. The second-order valence-corrected chi connectivity index (χ2v) is 9.90. The minimum absolute atomic E-state index is 0.0828. The van der Waals surface area contributed by atoms with Gasteiger partial charge in [-0.3, -0.25) is 0 Å². The van der Waals surface area contributed by atoms with Crippen molar-refractivity contribution in [1.29, 1.82) is 0 Å². The predicted octanol–water partition coefficient (Wildman–Crippen LogP) is 1.38. The van der Waals surface area contributed by atoms with Gasteiger partial charge >= 0.3 is 0 Å². The molecule has 0 atom stereocenters. The zero-order valence-electron chi connectivity index (χ0n) is 13.4. The van der Waals surface area contributed by atoms with Crippen LogP contribution in [-0.2, 0) is 26.3 Å². The van der Waals surface area contributed by atoms with Gasteiger partial charge < -0.3 is 4.74 Å². The standard InChI is InChI=1S/C14H18N2O5S3/c1-10-16-11(9-22-10)6-7-15-24(19,20)14-8-12(23(3,17)18)4-5-13(14)21-2/h4-5,8-9,15H,6-7H2,1-3H3. The Balaban J connectivity index is 2.24. The molecular weight excluding hydrogens is 372 g/mol. The molecule has 0 saturated heterocycles. The van der Waals surface area contributed by atoms with Crippen molar-refractivity contribution in [1.82, 2.24) is 9.71 Å². The monoisotopic (exact) mass is 390 g/mol. The van der Waals surface area contributed by atoms with Crippen molar-refractivity contribution in [2.45, 2.75) is 23.1 Å². The molecule has 1 aromatic heterocycles. The van der Waals surface area contributed by atoms with Crippen LogP contribution in [-0.4, -0.2) is 41.7 Å². The van der Waals surface area contributed by atoms with Crippen LogP contribution >= 0.6 is 11.3 Å². The van der Waals surface area contributed by atoms with Crippen molar-refractivity contribution < 1.29 is 21.6 Å². The van der Waals surface area contributed by atoms with Crippen LogP contribution in [0.15, 0.2) is 33.4 Å². The van der Waals surface area contributed by atoms with Crippen LogP contribution in [0.4, 0.5) is 0 Å². The number of thiazole rings is 1. The second kappa shape index (κ2) is 7.18. The van der Waals surface area contributed by atoms with Gasteiger partial charge in [-0.25, -0.2) is 26.5 Å². The molecule has 7 nitrogen and oxygen atoms in total. The fourth-order valence-corrected chi connectivity index (χ4v) is 4.61. The highest BCUT2D eigenvalue weighted by atomic mass is 32.2. The third kappa shape index (κ3) is 4.53. The van der Waals surface area contributed by atoms with Gasteiger partial charge in [-0.15, -0.1) is 11.3 Å². The van der Waals surface area contributed by atoms with E-state index in [1.807, 2.05) is 12.3 Å². The molecule has 1 heterocycles. The number of hydrogen-bond acceptors (Lipinski definition) is 7. The number of benzene rings is 1. The summed E-state index contributed by atoms with van der Waals surface area (Å²) in [6, 6.07) is 3.74. The minimum atomic E-state index is -3.91. The van der Waals surface area contributed by atoms with Gasteiger partial charge in [0, 0.05) is 24.6 Å². The zero-order valence-corrected chi connectivity index (χ0v) is 15.9.